The van der Waals surface area contributed by atoms with E-state index in [1.54, 1.807) is 0 Å². The molecular formula is C13H24N2O2. The molecule has 2 rings (SSSR count). The van der Waals surface area contributed by atoms with E-state index in [0.29, 0.717) is 12.1 Å². The molecule has 1 N–H and O–H groups in total. The molecule has 0 spiro atoms. The largest absolute Gasteiger partial charge is 0.378 e. The van der Waals surface area contributed by atoms with Crippen molar-refractivity contribution >= 4 is 6.03 Å². The second-order valence-electron chi connectivity index (χ2n) is 5.36. The molecule has 17 heavy (non-hydrogen) atoms. The molecule has 0 aromatic carbocycles. The Kier molecular flexibility index (Phi) is 4.26. The molecule has 0 aromatic heterocycles. The Morgan fingerprint density at radius 1 is 1.35 bits per heavy atom. The van der Waals surface area contributed by atoms with Crippen LogP contribution in [0, 0.1) is 5.92 Å². The number of carbonyl (C=O) groups is 1. The van der Waals surface area contributed by atoms with Gasteiger partial charge in [-0.05, 0) is 38.5 Å². The fraction of sp³-hybridized carbons (Fsp3) is 0.923. The topological polar surface area (TPSA) is 41.6 Å². The number of rotatable bonds is 3. The van der Waals surface area contributed by atoms with Crippen molar-refractivity contribution in [1.82, 2.24) is 10.2 Å². The lowest BCUT2D eigenvalue weighted by atomic mass is 9.89. The van der Waals surface area contributed by atoms with E-state index in [1.165, 1.54) is 0 Å². The standard InChI is InChI=1S/C13H24N2O2/c1-3-17-12-8-11(9-12)14-13(16)15-6-4-10(2)5-7-15/h10-12H,3-9H2,1-2H3,(H,14,16). The molecule has 1 aliphatic carbocycles. The van der Waals surface area contributed by atoms with Gasteiger partial charge < -0.3 is 15.0 Å². The van der Waals surface area contributed by atoms with E-state index in [4.69, 9.17) is 4.74 Å². The molecule has 1 saturated heterocycles. The highest BCUT2D eigenvalue weighted by Gasteiger charge is 2.32. The highest BCUT2D eigenvalue weighted by molar-refractivity contribution is 5.74. The van der Waals surface area contributed by atoms with E-state index in [1.807, 2.05) is 11.8 Å². The molecule has 0 atom stereocenters. The predicted molar refractivity (Wildman–Crippen MR) is 66.9 cm³/mol. The molecule has 98 valence electrons. The van der Waals surface area contributed by atoms with E-state index < -0.39 is 0 Å². The molecule has 4 nitrogen and oxygen atoms in total. The summed E-state index contributed by atoms with van der Waals surface area (Å²) in [6, 6.07) is 0.454. The zero-order chi connectivity index (χ0) is 12.3. The van der Waals surface area contributed by atoms with Crippen molar-refractivity contribution in [3.63, 3.8) is 0 Å². The van der Waals surface area contributed by atoms with E-state index in [2.05, 4.69) is 12.2 Å². The zero-order valence-corrected chi connectivity index (χ0v) is 10.9. The SMILES string of the molecule is CCOC1CC(NC(=O)N2CCC(C)CC2)C1. The van der Waals surface area contributed by atoms with Gasteiger partial charge in [-0.2, -0.15) is 0 Å². The first kappa shape index (κ1) is 12.7. The monoisotopic (exact) mass is 240 g/mol. The minimum Gasteiger partial charge on any atom is -0.378 e. The average Bonchev–Trinajstić information content (AvgIpc) is 2.27. The van der Waals surface area contributed by atoms with Crippen molar-refractivity contribution < 1.29 is 9.53 Å². The third-order valence-electron chi connectivity index (χ3n) is 3.90. The van der Waals surface area contributed by atoms with Gasteiger partial charge in [-0.25, -0.2) is 4.79 Å². The van der Waals surface area contributed by atoms with Crippen LogP contribution in [0.25, 0.3) is 0 Å². The number of hydrogen-bond acceptors (Lipinski definition) is 2. The van der Waals surface area contributed by atoms with Gasteiger partial charge in [0.15, 0.2) is 0 Å². The maximum absolute atomic E-state index is 11.9. The minimum atomic E-state index is 0.122. The Balaban J connectivity index is 1.65. The van der Waals surface area contributed by atoms with Crippen molar-refractivity contribution in [2.45, 2.75) is 51.7 Å². The van der Waals surface area contributed by atoms with Gasteiger partial charge in [0, 0.05) is 25.7 Å². The van der Waals surface area contributed by atoms with Crippen molar-refractivity contribution in [1.29, 1.82) is 0 Å². The second-order valence-corrected chi connectivity index (χ2v) is 5.36. The van der Waals surface area contributed by atoms with Crippen molar-refractivity contribution in [2.75, 3.05) is 19.7 Å². The first-order valence-corrected chi connectivity index (χ1v) is 6.86. The number of carbonyl (C=O) groups excluding carboxylic acids is 1. The summed E-state index contributed by atoms with van der Waals surface area (Å²) >= 11 is 0. The van der Waals surface area contributed by atoms with Crippen LogP contribution in [0.5, 0.6) is 0 Å². The van der Waals surface area contributed by atoms with Crippen LogP contribution in [0.4, 0.5) is 4.79 Å². The third-order valence-corrected chi connectivity index (χ3v) is 3.90. The Bertz CT molecular complexity index is 256. The predicted octanol–water partition coefficient (Wildman–Crippen LogP) is 2.00. The van der Waals surface area contributed by atoms with Gasteiger partial charge in [-0.1, -0.05) is 6.92 Å². The normalized spacial score (nSPS) is 29.9. The lowest BCUT2D eigenvalue weighted by Gasteiger charge is -2.38. The molecule has 0 radical (unpaired) electrons. The number of ether oxygens (including phenoxy) is 1. The van der Waals surface area contributed by atoms with Crippen LogP contribution in [0.15, 0.2) is 0 Å². The average molecular weight is 240 g/mol. The molecule has 2 aliphatic rings. The van der Waals surface area contributed by atoms with Gasteiger partial charge in [0.05, 0.1) is 6.10 Å². The Morgan fingerprint density at radius 3 is 2.59 bits per heavy atom. The number of likely N-dealkylation sites (tertiary alicyclic amines) is 1. The molecule has 2 fully saturated rings. The molecule has 1 heterocycles. The number of amides is 2. The maximum Gasteiger partial charge on any atom is 0.317 e. The van der Waals surface area contributed by atoms with E-state index in [0.717, 1.165) is 51.3 Å². The second kappa shape index (κ2) is 5.71. The quantitative estimate of drug-likeness (QED) is 0.819. The lowest BCUT2D eigenvalue weighted by molar-refractivity contribution is -0.00828. The van der Waals surface area contributed by atoms with E-state index >= 15 is 0 Å². The van der Waals surface area contributed by atoms with Crippen LogP contribution in [-0.2, 0) is 4.74 Å². The van der Waals surface area contributed by atoms with Gasteiger partial charge in [-0.3, -0.25) is 0 Å². The van der Waals surface area contributed by atoms with Crippen molar-refractivity contribution in [2.24, 2.45) is 5.92 Å². The van der Waals surface area contributed by atoms with Gasteiger partial charge in [0.25, 0.3) is 0 Å². The summed E-state index contributed by atoms with van der Waals surface area (Å²) in [5.74, 6) is 0.769. The van der Waals surface area contributed by atoms with Crippen LogP contribution in [0.3, 0.4) is 0 Å². The molecule has 1 saturated carbocycles. The van der Waals surface area contributed by atoms with Gasteiger partial charge >= 0.3 is 6.03 Å². The molecule has 0 unspecified atom stereocenters. The number of piperidine rings is 1. The summed E-state index contributed by atoms with van der Waals surface area (Å²) in [6.45, 7) is 6.87. The van der Waals surface area contributed by atoms with Crippen molar-refractivity contribution in [3.8, 4) is 0 Å². The molecule has 0 bridgehead atoms. The van der Waals surface area contributed by atoms with Gasteiger partial charge in [-0.15, -0.1) is 0 Å². The highest BCUT2D eigenvalue weighted by atomic mass is 16.5. The summed E-state index contributed by atoms with van der Waals surface area (Å²) in [5.41, 5.74) is 0. The molecule has 4 heteroatoms. The molecular weight excluding hydrogens is 216 g/mol. The summed E-state index contributed by atoms with van der Waals surface area (Å²) in [5, 5.41) is 3.10. The van der Waals surface area contributed by atoms with E-state index in [9.17, 15) is 4.79 Å². The van der Waals surface area contributed by atoms with Gasteiger partial charge in [0.2, 0.25) is 0 Å². The Hall–Kier alpha value is -0.770. The van der Waals surface area contributed by atoms with Crippen molar-refractivity contribution in [3.05, 3.63) is 0 Å². The Morgan fingerprint density at radius 2 is 2.00 bits per heavy atom. The maximum atomic E-state index is 11.9. The molecule has 1 aliphatic heterocycles. The van der Waals surface area contributed by atoms with E-state index in [-0.39, 0.29) is 6.03 Å². The first-order valence-electron chi connectivity index (χ1n) is 6.86. The summed E-state index contributed by atoms with van der Waals surface area (Å²) in [6.07, 6.45) is 4.60. The molecule has 2 amide bonds. The van der Waals surface area contributed by atoms with Crippen LogP contribution in [0.2, 0.25) is 0 Å². The van der Waals surface area contributed by atoms with Crippen LogP contribution < -0.4 is 5.32 Å². The fourth-order valence-corrected chi connectivity index (χ4v) is 2.53. The van der Waals surface area contributed by atoms with Crippen LogP contribution in [-0.4, -0.2) is 42.8 Å². The fourth-order valence-electron chi connectivity index (χ4n) is 2.53. The smallest absolute Gasteiger partial charge is 0.317 e. The third kappa shape index (κ3) is 3.35. The lowest BCUT2D eigenvalue weighted by Crippen LogP contribution is -2.53. The van der Waals surface area contributed by atoms with Crippen LogP contribution in [0.1, 0.15) is 39.5 Å². The zero-order valence-electron chi connectivity index (χ0n) is 10.9. The first-order chi connectivity index (χ1) is 8.19. The number of nitrogens with one attached hydrogen (secondary N) is 1. The van der Waals surface area contributed by atoms with Gasteiger partial charge in [0.1, 0.15) is 0 Å². The summed E-state index contributed by atoms with van der Waals surface area (Å²) in [7, 11) is 0. The summed E-state index contributed by atoms with van der Waals surface area (Å²) < 4.78 is 5.48. The minimum absolute atomic E-state index is 0.122. The number of urea groups is 1. The highest BCUT2D eigenvalue weighted by Crippen LogP contribution is 2.24. The summed E-state index contributed by atoms with van der Waals surface area (Å²) in [4.78, 5) is 13.9. The van der Waals surface area contributed by atoms with Crippen LogP contribution >= 0.6 is 0 Å². The number of hydrogen-bond donors (Lipinski definition) is 1. The molecule has 0 aromatic rings. The Labute approximate surface area is 104 Å². The number of nitrogens with zero attached hydrogens (tertiary/aromatic N) is 1.